The molecule has 0 amide bonds. The maximum Gasteiger partial charge on any atom is 0.165 e. The quantitative estimate of drug-likeness (QED) is 0.392. The van der Waals surface area contributed by atoms with E-state index in [1.54, 1.807) is 12.1 Å². The summed E-state index contributed by atoms with van der Waals surface area (Å²) in [4.78, 5) is 10.1. The first-order chi connectivity index (χ1) is 5.74. The van der Waals surface area contributed by atoms with Gasteiger partial charge in [0.2, 0.25) is 0 Å². The Labute approximate surface area is 69.2 Å². The standard InChI is InChI=1S/C8H8N2O2/c9-6(5-11)4-7(10)8-2-1-3-12-8/h1-5,10H,9H2/b6-4-,10-7?. The van der Waals surface area contributed by atoms with Crippen LogP contribution in [0.5, 0.6) is 0 Å². The first-order valence-electron chi connectivity index (χ1n) is 3.29. The van der Waals surface area contributed by atoms with E-state index in [2.05, 4.69) is 0 Å². The second-order valence-electron chi connectivity index (χ2n) is 2.15. The predicted molar refractivity (Wildman–Crippen MR) is 43.9 cm³/mol. The summed E-state index contributed by atoms with van der Waals surface area (Å²) in [6.45, 7) is 0. The highest BCUT2D eigenvalue weighted by molar-refractivity contribution is 6.06. The van der Waals surface area contributed by atoms with Gasteiger partial charge in [0.15, 0.2) is 12.0 Å². The van der Waals surface area contributed by atoms with Gasteiger partial charge in [-0.05, 0) is 18.2 Å². The van der Waals surface area contributed by atoms with Crippen molar-refractivity contribution in [1.82, 2.24) is 0 Å². The van der Waals surface area contributed by atoms with Crippen LogP contribution in [0.1, 0.15) is 5.76 Å². The Morgan fingerprint density at radius 2 is 2.42 bits per heavy atom. The molecular weight excluding hydrogens is 156 g/mol. The van der Waals surface area contributed by atoms with E-state index in [9.17, 15) is 4.79 Å². The average Bonchev–Trinajstić information content (AvgIpc) is 2.56. The zero-order valence-electron chi connectivity index (χ0n) is 6.28. The van der Waals surface area contributed by atoms with Crippen LogP contribution >= 0.6 is 0 Å². The van der Waals surface area contributed by atoms with E-state index in [0.717, 1.165) is 0 Å². The van der Waals surface area contributed by atoms with Gasteiger partial charge in [0.25, 0.3) is 0 Å². The Morgan fingerprint density at radius 3 is 2.92 bits per heavy atom. The number of nitrogens with one attached hydrogen (secondary N) is 1. The molecule has 4 nitrogen and oxygen atoms in total. The molecule has 0 saturated heterocycles. The normalized spacial score (nSPS) is 11.2. The van der Waals surface area contributed by atoms with Crippen molar-refractivity contribution in [3.05, 3.63) is 35.9 Å². The van der Waals surface area contributed by atoms with Crippen molar-refractivity contribution in [3.63, 3.8) is 0 Å². The van der Waals surface area contributed by atoms with Crippen LogP contribution < -0.4 is 5.73 Å². The van der Waals surface area contributed by atoms with Crippen LogP contribution in [0.4, 0.5) is 0 Å². The number of hydrogen-bond donors (Lipinski definition) is 2. The maximum absolute atomic E-state index is 10.1. The third-order valence-electron chi connectivity index (χ3n) is 1.23. The summed E-state index contributed by atoms with van der Waals surface area (Å²) >= 11 is 0. The van der Waals surface area contributed by atoms with Crippen LogP contribution in [0.15, 0.2) is 34.6 Å². The highest BCUT2D eigenvalue weighted by Crippen LogP contribution is 2.02. The molecule has 1 heterocycles. The molecule has 0 aromatic carbocycles. The lowest BCUT2D eigenvalue weighted by molar-refractivity contribution is -0.104. The van der Waals surface area contributed by atoms with Crippen molar-refractivity contribution in [3.8, 4) is 0 Å². The summed E-state index contributed by atoms with van der Waals surface area (Å²) in [6.07, 6.45) is 3.18. The van der Waals surface area contributed by atoms with Crippen molar-refractivity contribution < 1.29 is 9.21 Å². The molecule has 0 fully saturated rings. The molecule has 1 aromatic heterocycles. The first kappa shape index (κ1) is 8.26. The van der Waals surface area contributed by atoms with Crippen molar-refractivity contribution in [2.75, 3.05) is 0 Å². The third kappa shape index (κ3) is 1.82. The largest absolute Gasteiger partial charge is 0.463 e. The minimum Gasteiger partial charge on any atom is -0.463 e. The van der Waals surface area contributed by atoms with Crippen LogP contribution in [-0.2, 0) is 4.79 Å². The van der Waals surface area contributed by atoms with E-state index >= 15 is 0 Å². The molecule has 0 aliphatic carbocycles. The van der Waals surface area contributed by atoms with Gasteiger partial charge in [-0.1, -0.05) is 0 Å². The van der Waals surface area contributed by atoms with Gasteiger partial charge in [0.05, 0.1) is 17.7 Å². The van der Waals surface area contributed by atoms with Crippen LogP contribution in [0.25, 0.3) is 0 Å². The van der Waals surface area contributed by atoms with Gasteiger partial charge in [-0.2, -0.15) is 0 Å². The first-order valence-corrected chi connectivity index (χ1v) is 3.29. The predicted octanol–water partition coefficient (Wildman–Crippen LogP) is 0.689. The molecule has 0 atom stereocenters. The highest BCUT2D eigenvalue weighted by atomic mass is 16.3. The maximum atomic E-state index is 10.1. The Bertz CT molecular complexity index is 312. The topological polar surface area (TPSA) is 80.1 Å². The van der Waals surface area contributed by atoms with Crippen LogP contribution in [0.3, 0.4) is 0 Å². The van der Waals surface area contributed by atoms with Crippen molar-refractivity contribution in [2.45, 2.75) is 0 Å². The van der Waals surface area contributed by atoms with Crippen molar-refractivity contribution >= 4 is 12.0 Å². The van der Waals surface area contributed by atoms with E-state index in [1.807, 2.05) is 0 Å². The fourth-order valence-electron chi connectivity index (χ4n) is 0.704. The Balaban J connectivity index is 2.80. The lowest BCUT2D eigenvalue weighted by Gasteiger charge is -1.91. The smallest absolute Gasteiger partial charge is 0.165 e. The molecule has 0 unspecified atom stereocenters. The Morgan fingerprint density at radius 1 is 1.67 bits per heavy atom. The molecular formula is C8H8N2O2. The van der Waals surface area contributed by atoms with Crippen molar-refractivity contribution in [1.29, 1.82) is 5.41 Å². The molecule has 0 radical (unpaired) electrons. The second-order valence-corrected chi connectivity index (χ2v) is 2.15. The fourth-order valence-corrected chi connectivity index (χ4v) is 0.704. The van der Waals surface area contributed by atoms with Gasteiger partial charge in [-0.3, -0.25) is 10.2 Å². The summed E-state index contributed by atoms with van der Waals surface area (Å²) in [5.41, 5.74) is 5.29. The molecule has 3 N–H and O–H groups in total. The second kappa shape index (κ2) is 3.52. The molecule has 4 heteroatoms. The minimum absolute atomic E-state index is 0.0106. The Kier molecular flexibility index (Phi) is 2.42. The molecule has 1 aromatic rings. The number of hydrogen-bond acceptors (Lipinski definition) is 4. The lowest BCUT2D eigenvalue weighted by Crippen LogP contribution is -2.02. The Hall–Kier alpha value is -1.84. The fraction of sp³-hybridized carbons (Fsp3) is 0. The molecule has 62 valence electrons. The molecule has 0 aliphatic heterocycles. The summed E-state index contributed by atoms with van der Waals surface area (Å²) < 4.78 is 4.90. The number of furan rings is 1. The van der Waals surface area contributed by atoms with E-state index in [4.69, 9.17) is 15.6 Å². The minimum atomic E-state index is 0.0106. The zero-order chi connectivity index (χ0) is 8.97. The van der Waals surface area contributed by atoms with Crippen LogP contribution in [0.2, 0.25) is 0 Å². The SMILES string of the molecule is N=C(/C=C(\N)C=O)c1ccco1. The van der Waals surface area contributed by atoms with Gasteiger partial charge in [0, 0.05) is 0 Å². The number of carbonyl (C=O) groups excluding carboxylic acids is 1. The van der Waals surface area contributed by atoms with Gasteiger partial charge in [-0.25, -0.2) is 0 Å². The molecule has 0 spiro atoms. The molecule has 0 aliphatic rings. The molecule has 12 heavy (non-hydrogen) atoms. The van der Waals surface area contributed by atoms with Crippen LogP contribution in [-0.4, -0.2) is 12.0 Å². The summed E-state index contributed by atoms with van der Waals surface area (Å²) in [5, 5.41) is 7.37. The number of rotatable bonds is 3. The summed E-state index contributed by atoms with van der Waals surface area (Å²) in [6, 6.07) is 3.28. The van der Waals surface area contributed by atoms with Gasteiger partial charge in [-0.15, -0.1) is 0 Å². The van der Waals surface area contributed by atoms with Crippen LogP contribution in [0, 0.1) is 5.41 Å². The third-order valence-corrected chi connectivity index (χ3v) is 1.23. The molecule has 1 rings (SSSR count). The zero-order valence-corrected chi connectivity index (χ0v) is 6.28. The number of allylic oxidation sites excluding steroid dienone is 2. The van der Waals surface area contributed by atoms with E-state index in [-0.39, 0.29) is 11.4 Å². The van der Waals surface area contributed by atoms with Gasteiger partial charge >= 0.3 is 0 Å². The molecule has 0 bridgehead atoms. The number of aldehydes is 1. The lowest BCUT2D eigenvalue weighted by atomic mass is 10.2. The van der Waals surface area contributed by atoms with E-state index in [0.29, 0.717) is 12.0 Å². The number of nitrogens with two attached hydrogens (primary N) is 1. The average molecular weight is 164 g/mol. The monoisotopic (exact) mass is 164 g/mol. The van der Waals surface area contributed by atoms with Crippen molar-refractivity contribution in [2.24, 2.45) is 5.73 Å². The van der Waals surface area contributed by atoms with Gasteiger partial charge < -0.3 is 10.2 Å². The van der Waals surface area contributed by atoms with E-state index in [1.165, 1.54) is 12.3 Å². The number of carbonyl (C=O) groups is 1. The summed E-state index contributed by atoms with van der Waals surface area (Å²) in [7, 11) is 0. The highest BCUT2D eigenvalue weighted by Gasteiger charge is 2.00. The van der Waals surface area contributed by atoms with E-state index < -0.39 is 0 Å². The van der Waals surface area contributed by atoms with Gasteiger partial charge in [0.1, 0.15) is 0 Å². The molecule has 0 saturated carbocycles. The summed E-state index contributed by atoms with van der Waals surface area (Å²) in [5.74, 6) is 0.389.